The summed E-state index contributed by atoms with van der Waals surface area (Å²) in [6.45, 7) is 0. The van der Waals surface area contributed by atoms with Gasteiger partial charge in [-0.15, -0.1) is 0 Å². The Morgan fingerprint density at radius 3 is 2.64 bits per heavy atom. The molecule has 0 saturated carbocycles. The molecule has 0 aliphatic carbocycles. The molecule has 0 spiro atoms. The van der Waals surface area contributed by atoms with Crippen LogP contribution in [0.5, 0.6) is 0 Å². The molecule has 2 aromatic rings. The maximum absolute atomic E-state index is 10.6. The fraction of sp³-hybridized carbons (Fsp3) is 0. The molecule has 0 fully saturated rings. The molecule has 70 valence electrons. The zero-order chi connectivity index (χ0) is 9.97. The van der Waals surface area contributed by atoms with Crippen molar-refractivity contribution in [3.05, 3.63) is 40.7 Å². The van der Waals surface area contributed by atoms with Gasteiger partial charge in [0.05, 0.1) is 5.56 Å². The minimum absolute atomic E-state index is 0.326. The molecular formula is C10H6BrNO2. The van der Waals surface area contributed by atoms with E-state index in [4.69, 9.17) is 4.52 Å². The van der Waals surface area contributed by atoms with E-state index in [1.807, 2.05) is 24.3 Å². The summed E-state index contributed by atoms with van der Waals surface area (Å²) in [4.78, 5) is 10.6. The van der Waals surface area contributed by atoms with Gasteiger partial charge in [0.2, 0.25) is 0 Å². The second-order valence-corrected chi connectivity index (χ2v) is 3.65. The van der Waals surface area contributed by atoms with Gasteiger partial charge in [-0.1, -0.05) is 33.2 Å². The highest BCUT2D eigenvalue weighted by atomic mass is 79.9. The minimum atomic E-state index is 0.326. The Balaban J connectivity index is 2.49. The van der Waals surface area contributed by atoms with Crippen LogP contribution in [-0.4, -0.2) is 11.4 Å². The fourth-order valence-corrected chi connectivity index (χ4v) is 1.44. The molecule has 14 heavy (non-hydrogen) atoms. The topological polar surface area (TPSA) is 43.1 Å². The predicted octanol–water partition coefficient (Wildman–Crippen LogP) is 2.92. The van der Waals surface area contributed by atoms with E-state index >= 15 is 0 Å². The molecule has 0 unspecified atom stereocenters. The minimum Gasteiger partial charge on any atom is -0.363 e. The van der Waals surface area contributed by atoms with E-state index in [1.165, 1.54) is 6.26 Å². The molecule has 0 bridgehead atoms. The Labute approximate surface area is 88.8 Å². The smallest absolute Gasteiger partial charge is 0.172 e. The first kappa shape index (κ1) is 9.15. The normalized spacial score (nSPS) is 10.1. The summed E-state index contributed by atoms with van der Waals surface area (Å²) in [6, 6.07) is 7.58. The third-order valence-electron chi connectivity index (χ3n) is 1.86. The lowest BCUT2D eigenvalue weighted by molar-refractivity contribution is 0.111. The van der Waals surface area contributed by atoms with Gasteiger partial charge in [0.25, 0.3) is 0 Å². The van der Waals surface area contributed by atoms with Crippen LogP contribution >= 0.6 is 15.9 Å². The van der Waals surface area contributed by atoms with Crippen molar-refractivity contribution in [2.45, 2.75) is 0 Å². The summed E-state index contributed by atoms with van der Waals surface area (Å²) >= 11 is 3.34. The van der Waals surface area contributed by atoms with Crippen molar-refractivity contribution in [3.8, 4) is 11.1 Å². The van der Waals surface area contributed by atoms with E-state index < -0.39 is 0 Å². The molecule has 0 amide bonds. The molecule has 0 N–H and O–H groups in total. The van der Waals surface area contributed by atoms with Crippen LogP contribution in [0.4, 0.5) is 0 Å². The van der Waals surface area contributed by atoms with Crippen LogP contribution in [0, 0.1) is 0 Å². The fourth-order valence-electron chi connectivity index (χ4n) is 1.18. The van der Waals surface area contributed by atoms with Gasteiger partial charge < -0.3 is 4.52 Å². The summed E-state index contributed by atoms with van der Waals surface area (Å²) in [5, 5.41) is 3.58. The number of hydrogen-bond acceptors (Lipinski definition) is 3. The van der Waals surface area contributed by atoms with Crippen LogP contribution in [0.15, 0.2) is 39.5 Å². The quantitative estimate of drug-likeness (QED) is 0.771. The first-order chi connectivity index (χ1) is 6.81. The maximum atomic E-state index is 10.6. The van der Waals surface area contributed by atoms with Gasteiger partial charge >= 0.3 is 0 Å². The summed E-state index contributed by atoms with van der Waals surface area (Å²) in [6.07, 6.45) is 2.15. The lowest BCUT2D eigenvalue weighted by Crippen LogP contribution is -1.83. The summed E-state index contributed by atoms with van der Waals surface area (Å²) in [5.74, 6) is 0. The van der Waals surface area contributed by atoms with Crippen LogP contribution in [0.3, 0.4) is 0 Å². The Bertz CT molecular complexity index is 447. The highest BCUT2D eigenvalue weighted by Crippen LogP contribution is 2.23. The van der Waals surface area contributed by atoms with Crippen LogP contribution < -0.4 is 0 Å². The zero-order valence-corrected chi connectivity index (χ0v) is 8.69. The SMILES string of the molecule is O=Cc1nocc1-c1ccc(Br)cc1. The van der Waals surface area contributed by atoms with E-state index in [-0.39, 0.29) is 0 Å². The average Bonchev–Trinajstić information content (AvgIpc) is 2.67. The second-order valence-electron chi connectivity index (χ2n) is 2.74. The van der Waals surface area contributed by atoms with Crippen molar-refractivity contribution in [1.29, 1.82) is 0 Å². The monoisotopic (exact) mass is 251 g/mol. The lowest BCUT2D eigenvalue weighted by atomic mass is 10.1. The van der Waals surface area contributed by atoms with Crippen LogP contribution in [0.1, 0.15) is 10.5 Å². The van der Waals surface area contributed by atoms with Gasteiger partial charge in [0.1, 0.15) is 6.26 Å². The third kappa shape index (κ3) is 1.61. The third-order valence-corrected chi connectivity index (χ3v) is 2.39. The van der Waals surface area contributed by atoms with E-state index in [0.717, 1.165) is 10.0 Å². The van der Waals surface area contributed by atoms with Crippen molar-refractivity contribution >= 4 is 22.2 Å². The number of nitrogens with zero attached hydrogens (tertiary/aromatic N) is 1. The predicted molar refractivity (Wildman–Crippen MR) is 55.0 cm³/mol. The van der Waals surface area contributed by atoms with Gasteiger partial charge in [-0.2, -0.15) is 0 Å². The Hall–Kier alpha value is -1.42. The maximum Gasteiger partial charge on any atom is 0.172 e. The number of rotatable bonds is 2. The highest BCUT2D eigenvalue weighted by molar-refractivity contribution is 9.10. The van der Waals surface area contributed by atoms with Crippen molar-refractivity contribution in [2.75, 3.05) is 0 Å². The van der Waals surface area contributed by atoms with Crippen LogP contribution in [0.25, 0.3) is 11.1 Å². The number of carbonyl (C=O) groups is 1. The molecule has 1 heterocycles. The van der Waals surface area contributed by atoms with Gasteiger partial charge in [-0.3, -0.25) is 4.79 Å². The molecule has 4 heteroatoms. The first-order valence-corrected chi connectivity index (χ1v) is 4.76. The van der Waals surface area contributed by atoms with E-state index in [2.05, 4.69) is 21.1 Å². The van der Waals surface area contributed by atoms with Crippen molar-refractivity contribution in [3.63, 3.8) is 0 Å². The van der Waals surface area contributed by atoms with Crippen molar-refractivity contribution in [2.24, 2.45) is 0 Å². The summed E-state index contributed by atoms with van der Waals surface area (Å²) in [7, 11) is 0. The summed E-state index contributed by atoms with van der Waals surface area (Å²) in [5.41, 5.74) is 1.95. The molecule has 3 nitrogen and oxygen atoms in total. The molecule has 0 aliphatic heterocycles. The lowest BCUT2D eigenvalue weighted by Gasteiger charge is -1.96. The average molecular weight is 252 g/mol. The molecule has 0 saturated heterocycles. The van der Waals surface area contributed by atoms with Gasteiger partial charge in [0, 0.05) is 4.47 Å². The van der Waals surface area contributed by atoms with Crippen molar-refractivity contribution < 1.29 is 9.32 Å². The summed E-state index contributed by atoms with van der Waals surface area (Å²) < 4.78 is 5.72. The number of aromatic nitrogens is 1. The number of aldehydes is 1. The number of hydrogen-bond donors (Lipinski definition) is 0. The molecule has 0 radical (unpaired) electrons. The molecule has 0 aliphatic rings. The molecule has 1 aromatic carbocycles. The number of benzene rings is 1. The van der Waals surface area contributed by atoms with Crippen molar-refractivity contribution in [1.82, 2.24) is 5.16 Å². The van der Waals surface area contributed by atoms with Gasteiger partial charge in [-0.05, 0) is 17.7 Å². The Kier molecular flexibility index (Phi) is 2.45. The van der Waals surface area contributed by atoms with E-state index in [1.54, 1.807) is 0 Å². The van der Waals surface area contributed by atoms with Crippen LogP contribution in [0.2, 0.25) is 0 Å². The Morgan fingerprint density at radius 2 is 2.00 bits per heavy atom. The van der Waals surface area contributed by atoms with E-state index in [9.17, 15) is 4.79 Å². The second kappa shape index (κ2) is 3.75. The Morgan fingerprint density at radius 1 is 1.29 bits per heavy atom. The van der Waals surface area contributed by atoms with Gasteiger partial charge in [-0.25, -0.2) is 0 Å². The number of halogens is 1. The zero-order valence-electron chi connectivity index (χ0n) is 7.11. The number of carbonyl (C=O) groups excluding carboxylic acids is 1. The molecule has 0 atom stereocenters. The molecule has 1 aromatic heterocycles. The largest absolute Gasteiger partial charge is 0.363 e. The first-order valence-electron chi connectivity index (χ1n) is 3.97. The van der Waals surface area contributed by atoms with E-state index in [0.29, 0.717) is 17.5 Å². The molecule has 2 rings (SSSR count). The van der Waals surface area contributed by atoms with Gasteiger partial charge in [0.15, 0.2) is 12.0 Å². The standard InChI is InChI=1S/C10H6BrNO2/c11-8-3-1-7(2-4-8)9-6-14-12-10(9)5-13/h1-6H. The molecular weight excluding hydrogens is 246 g/mol. The van der Waals surface area contributed by atoms with Crippen LogP contribution in [-0.2, 0) is 0 Å². The highest BCUT2D eigenvalue weighted by Gasteiger charge is 2.08.